The van der Waals surface area contributed by atoms with Gasteiger partial charge in [0.25, 0.3) is 0 Å². The van der Waals surface area contributed by atoms with Crippen molar-refractivity contribution in [2.45, 2.75) is 44.1 Å². The van der Waals surface area contributed by atoms with Crippen LogP contribution in [0.15, 0.2) is 152 Å². The summed E-state index contributed by atoms with van der Waals surface area (Å²) in [7, 11) is 0. The monoisotopic (exact) mass is 670 g/mol. The van der Waals surface area contributed by atoms with Crippen molar-refractivity contribution in [3.8, 4) is 33.6 Å². The van der Waals surface area contributed by atoms with Crippen molar-refractivity contribution in [3.63, 3.8) is 0 Å². The molecule has 4 nitrogen and oxygen atoms in total. The number of benzene rings is 4. The van der Waals surface area contributed by atoms with Crippen LogP contribution in [0.25, 0.3) is 77.6 Å². The van der Waals surface area contributed by atoms with Crippen molar-refractivity contribution in [2.24, 2.45) is 0 Å². The van der Waals surface area contributed by atoms with E-state index < -0.39 is 5.54 Å². The van der Waals surface area contributed by atoms with Gasteiger partial charge in [0, 0.05) is 57.8 Å². The average molecular weight is 671 g/mol. The summed E-state index contributed by atoms with van der Waals surface area (Å²) in [5, 5.41) is 5.02. The highest BCUT2D eigenvalue weighted by atomic mass is 15.1. The van der Waals surface area contributed by atoms with E-state index in [0.717, 1.165) is 30.6 Å². The Labute approximate surface area is 302 Å². The number of hydrogen-bond donors (Lipinski definition) is 0. The van der Waals surface area contributed by atoms with E-state index in [1.165, 1.54) is 77.5 Å². The minimum absolute atomic E-state index is 0.371. The number of rotatable bonds is 1. The van der Waals surface area contributed by atoms with Crippen molar-refractivity contribution >= 4 is 43.9 Å². The van der Waals surface area contributed by atoms with E-state index in [9.17, 15) is 0 Å². The SMILES string of the molecule is C=C1CC2(C)[n+]3cc(-c4ccccc4)ccc3-c3cc4c5cccc6c7ccccc7n(c4nc3C2(C)CCc2ccccc2-c2cccc[n+]21)c65. The van der Waals surface area contributed by atoms with Gasteiger partial charge in [-0.1, -0.05) is 84.9 Å². The quantitative estimate of drug-likeness (QED) is 0.160. The van der Waals surface area contributed by atoms with E-state index in [1.54, 1.807) is 0 Å². The van der Waals surface area contributed by atoms with E-state index in [4.69, 9.17) is 11.6 Å². The van der Waals surface area contributed by atoms with Gasteiger partial charge in [-0.05, 0) is 67.8 Å². The van der Waals surface area contributed by atoms with Crippen molar-refractivity contribution < 1.29 is 9.13 Å². The second-order valence-corrected chi connectivity index (χ2v) is 15.3. The van der Waals surface area contributed by atoms with Crippen LogP contribution in [0.2, 0.25) is 0 Å². The Bertz CT molecular complexity index is 2940. The summed E-state index contributed by atoms with van der Waals surface area (Å²) in [5.74, 6) is 0. The molecule has 2 aliphatic heterocycles. The van der Waals surface area contributed by atoms with Crippen molar-refractivity contribution in [3.05, 3.63) is 164 Å². The number of pyridine rings is 3. The summed E-state index contributed by atoms with van der Waals surface area (Å²) in [5.41, 5.74) is 13.6. The molecule has 4 heteroatoms. The first kappa shape index (κ1) is 29.6. The Kier molecular flexibility index (Phi) is 5.95. The second-order valence-electron chi connectivity index (χ2n) is 15.3. The topological polar surface area (TPSA) is 25.1 Å². The summed E-state index contributed by atoms with van der Waals surface area (Å²) in [6.07, 6.45) is 7.19. The maximum atomic E-state index is 5.90. The summed E-state index contributed by atoms with van der Waals surface area (Å²) in [4.78, 5) is 5.90. The lowest BCUT2D eigenvalue weighted by atomic mass is 9.60. The Morgan fingerprint density at radius 1 is 0.673 bits per heavy atom. The molecule has 248 valence electrons. The molecule has 0 N–H and O–H groups in total. The van der Waals surface area contributed by atoms with Crippen LogP contribution in [0.5, 0.6) is 0 Å². The molecule has 0 amide bonds. The van der Waals surface area contributed by atoms with Gasteiger partial charge in [0.2, 0.25) is 11.4 Å². The predicted octanol–water partition coefficient (Wildman–Crippen LogP) is 10.3. The maximum Gasteiger partial charge on any atom is 0.218 e. The molecule has 0 aliphatic carbocycles. The first-order valence-electron chi connectivity index (χ1n) is 18.4. The lowest BCUT2D eigenvalue weighted by Gasteiger charge is -2.46. The van der Waals surface area contributed by atoms with E-state index in [-0.39, 0.29) is 5.41 Å². The summed E-state index contributed by atoms with van der Waals surface area (Å²) in [6, 6.07) is 48.8. The van der Waals surface area contributed by atoms with Crippen LogP contribution in [0.4, 0.5) is 0 Å². The lowest BCUT2D eigenvalue weighted by Crippen LogP contribution is -2.69. The molecule has 2 aliphatic rings. The number of aromatic nitrogens is 4. The van der Waals surface area contributed by atoms with Crippen molar-refractivity contribution in [2.75, 3.05) is 0 Å². The fraction of sp³-hybridized carbons (Fsp3) is 0.146. The molecule has 4 aromatic carbocycles. The van der Waals surface area contributed by atoms with Gasteiger partial charge in [-0.15, -0.1) is 0 Å². The van der Waals surface area contributed by atoms with Crippen LogP contribution in [-0.4, -0.2) is 9.38 Å². The lowest BCUT2D eigenvalue weighted by molar-refractivity contribution is -0.766. The smallest absolute Gasteiger partial charge is 0.218 e. The van der Waals surface area contributed by atoms with Gasteiger partial charge in [0.1, 0.15) is 5.65 Å². The zero-order chi connectivity index (χ0) is 34.8. The molecule has 7 heterocycles. The highest BCUT2D eigenvalue weighted by Crippen LogP contribution is 2.53. The van der Waals surface area contributed by atoms with Gasteiger partial charge in [-0.25, -0.2) is 4.98 Å². The van der Waals surface area contributed by atoms with Crippen LogP contribution in [0.3, 0.4) is 0 Å². The summed E-state index contributed by atoms with van der Waals surface area (Å²) in [6.45, 7) is 9.79. The number of nitrogens with zero attached hydrogens (tertiary/aromatic N) is 4. The molecule has 2 unspecified atom stereocenters. The zero-order valence-corrected chi connectivity index (χ0v) is 29.5. The largest absolute Gasteiger partial charge is 0.293 e. The molecular weight excluding hydrogens is 633 g/mol. The van der Waals surface area contributed by atoms with Crippen LogP contribution >= 0.6 is 0 Å². The molecule has 0 saturated heterocycles. The Balaban J connectivity index is 1.25. The van der Waals surface area contributed by atoms with E-state index in [1.807, 2.05) is 0 Å². The molecule has 0 fully saturated rings. The minimum Gasteiger partial charge on any atom is -0.293 e. The molecule has 9 aromatic rings. The van der Waals surface area contributed by atoms with Crippen molar-refractivity contribution in [1.29, 1.82) is 0 Å². The number of fused-ring (bicyclic) bond motifs is 15. The van der Waals surface area contributed by atoms with Gasteiger partial charge >= 0.3 is 0 Å². The van der Waals surface area contributed by atoms with Crippen LogP contribution in [-0.2, 0) is 17.4 Å². The Morgan fingerprint density at radius 3 is 2.31 bits per heavy atom. The first-order chi connectivity index (χ1) is 25.4. The highest BCUT2D eigenvalue weighted by molar-refractivity contribution is 6.23. The van der Waals surface area contributed by atoms with Crippen molar-refractivity contribution in [1.82, 2.24) is 9.38 Å². The van der Waals surface area contributed by atoms with Gasteiger partial charge in [-0.3, -0.25) is 4.40 Å². The van der Waals surface area contributed by atoms with E-state index in [0.29, 0.717) is 0 Å². The Morgan fingerprint density at radius 2 is 1.42 bits per heavy atom. The number of para-hydroxylation sites is 2. The first-order valence-corrected chi connectivity index (χ1v) is 18.4. The predicted molar refractivity (Wildman–Crippen MR) is 211 cm³/mol. The third-order valence-electron chi connectivity index (χ3n) is 12.7. The zero-order valence-electron chi connectivity index (χ0n) is 29.5. The van der Waals surface area contributed by atoms with Gasteiger partial charge in [-0.2, -0.15) is 9.13 Å². The molecule has 2 atom stereocenters. The molecule has 0 spiro atoms. The number of aryl methyl sites for hydroxylation is 1. The molecule has 0 bridgehead atoms. The fourth-order valence-electron chi connectivity index (χ4n) is 9.86. The molecular formula is C48H38N4+2. The van der Waals surface area contributed by atoms with Gasteiger partial charge in [0.15, 0.2) is 23.6 Å². The van der Waals surface area contributed by atoms with Gasteiger partial charge < -0.3 is 0 Å². The number of allylic oxidation sites excluding steroid dienone is 1. The minimum atomic E-state index is -0.412. The highest BCUT2D eigenvalue weighted by Gasteiger charge is 2.60. The molecule has 0 radical (unpaired) electrons. The van der Waals surface area contributed by atoms with Crippen LogP contribution in [0, 0.1) is 0 Å². The molecule has 5 aromatic heterocycles. The summed E-state index contributed by atoms with van der Waals surface area (Å²) >= 11 is 0. The van der Waals surface area contributed by atoms with E-state index >= 15 is 0 Å². The number of hydrogen-bond acceptors (Lipinski definition) is 1. The molecule has 52 heavy (non-hydrogen) atoms. The third kappa shape index (κ3) is 3.79. The molecule has 11 rings (SSSR count). The maximum absolute atomic E-state index is 5.90. The third-order valence-corrected chi connectivity index (χ3v) is 12.7. The average Bonchev–Trinajstić information content (AvgIpc) is 3.71. The fourth-order valence-corrected chi connectivity index (χ4v) is 9.86. The second kappa shape index (κ2) is 10.5. The van der Waals surface area contributed by atoms with E-state index in [2.05, 4.69) is 173 Å². The van der Waals surface area contributed by atoms with Gasteiger partial charge in [0.05, 0.1) is 34.1 Å². The normalized spacial score (nSPS) is 19.7. The summed E-state index contributed by atoms with van der Waals surface area (Å²) < 4.78 is 7.35. The standard InChI is InChI=1S/C48H38N4/c1-31-29-48(3)47(2,26-25-33-16-7-8-17-35(33)41-21-11-12-27-50(31)41)45-40(42-24-23-34(30-51(42)48)32-14-5-4-6-15-32)28-39-38-20-13-19-37-36-18-9-10-22-43(36)52(44(37)38)46(39)49-45/h4-24,27-28,30H,1,25-26,29H2,2-3H3/q+2. The Hall–Kier alpha value is -6.13. The van der Waals surface area contributed by atoms with Crippen LogP contribution < -0.4 is 9.13 Å². The van der Waals surface area contributed by atoms with Crippen LogP contribution in [0.1, 0.15) is 37.9 Å². The molecule has 0 saturated carbocycles.